The van der Waals surface area contributed by atoms with E-state index >= 15 is 0 Å². The summed E-state index contributed by atoms with van der Waals surface area (Å²) in [6, 6.07) is 15.0. The molecule has 1 aromatic heterocycles. The Labute approximate surface area is 230 Å². The second-order valence-electron chi connectivity index (χ2n) is 9.60. The summed E-state index contributed by atoms with van der Waals surface area (Å²) in [7, 11) is -0.746. The number of hydrogen-bond acceptors (Lipinski definition) is 7. The molecule has 4 aromatic rings. The lowest BCUT2D eigenvalue weighted by molar-refractivity contribution is 0.0812. The molecule has 0 aliphatic carbocycles. The van der Waals surface area contributed by atoms with E-state index in [1.807, 2.05) is 16.9 Å². The number of nitrogens with zero attached hydrogens (tertiary/aromatic N) is 2. The van der Waals surface area contributed by atoms with Crippen LogP contribution in [0.25, 0.3) is 10.9 Å². The van der Waals surface area contributed by atoms with Gasteiger partial charge < -0.3 is 14.4 Å². The second-order valence-corrected chi connectivity index (χ2v) is 11.4. The minimum Gasteiger partial charge on any atom is -0.497 e. The topological polar surface area (TPSA) is 115 Å². The van der Waals surface area contributed by atoms with Crippen LogP contribution in [0.5, 0.6) is 11.5 Å². The standard InChI is InChI=1S/C29H26FN3O6S/c1-33-15-23-24(28(34)32-40(3,36)37)22-13-19(12-17-4-8-20(30)9-5-17)14-31-26(22)27(25(23)29(33)35)39-16-18-6-10-21(38-2)11-7-18/h4-11,13-14H,12,15-16H2,1-3H3,(H,32,34). The maximum atomic E-state index is 13.4. The van der Waals surface area contributed by atoms with E-state index in [0.29, 0.717) is 28.7 Å². The molecular weight excluding hydrogens is 537 g/mol. The number of benzene rings is 3. The summed E-state index contributed by atoms with van der Waals surface area (Å²) in [5.41, 5.74) is 3.14. The zero-order valence-corrected chi connectivity index (χ0v) is 22.8. The lowest BCUT2D eigenvalue weighted by Gasteiger charge is -2.17. The van der Waals surface area contributed by atoms with Gasteiger partial charge in [0.05, 0.1) is 24.5 Å². The summed E-state index contributed by atoms with van der Waals surface area (Å²) in [5, 5.41) is 0.340. The van der Waals surface area contributed by atoms with E-state index in [1.165, 1.54) is 17.0 Å². The van der Waals surface area contributed by atoms with Crippen molar-refractivity contribution in [2.45, 2.75) is 19.6 Å². The molecule has 0 spiro atoms. The first-order valence-electron chi connectivity index (χ1n) is 12.3. The molecule has 0 atom stereocenters. The van der Waals surface area contributed by atoms with Crippen molar-refractivity contribution < 1.29 is 31.9 Å². The van der Waals surface area contributed by atoms with Crippen molar-refractivity contribution in [2.24, 2.45) is 0 Å². The fraction of sp³-hybridized carbons (Fsp3) is 0.207. The molecule has 1 N–H and O–H groups in total. The molecule has 40 heavy (non-hydrogen) atoms. The quantitative estimate of drug-likeness (QED) is 0.347. The van der Waals surface area contributed by atoms with Crippen molar-refractivity contribution in [1.82, 2.24) is 14.6 Å². The van der Waals surface area contributed by atoms with Gasteiger partial charge in [-0.05, 0) is 53.4 Å². The highest BCUT2D eigenvalue weighted by Gasteiger charge is 2.36. The summed E-state index contributed by atoms with van der Waals surface area (Å²) >= 11 is 0. The molecule has 3 aromatic carbocycles. The fourth-order valence-electron chi connectivity index (χ4n) is 4.74. The Morgan fingerprint density at radius 3 is 2.40 bits per heavy atom. The number of sulfonamides is 1. The van der Waals surface area contributed by atoms with Crippen molar-refractivity contribution in [1.29, 1.82) is 0 Å². The zero-order chi connectivity index (χ0) is 28.6. The Hall–Kier alpha value is -4.51. The zero-order valence-electron chi connectivity index (χ0n) is 22.0. The van der Waals surface area contributed by atoms with E-state index in [1.54, 1.807) is 50.7 Å². The molecule has 5 rings (SSSR count). The Bertz CT molecular complexity index is 1740. The number of carbonyl (C=O) groups excluding carboxylic acids is 2. The molecule has 11 heteroatoms. The number of methoxy groups -OCH3 is 1. The molecule has 2 heterocycles. The van der Waals surface area contributed by atoms with Crippen molar-refractivity contribution >= 4 is 32.7 Å². The van der Waals surface area contributed by atoms with Crippen LogP contribution in [-0.4, -0.2) is 50.5 Å². The highest BCUT2D eigenvalue weighted by Crippen LogP contribution is 2.41. The van der Waals surface area contributed by atoms with Gasteiger partial charge in [-0.15, -0.1) is 0 Å². The SMILES string of the molecule is COc1ccc(COc2c3c(c(C(=O)NS(C)(=O)=O)c4cc(Cc5ccc(F)cc5)cnc24)CN(C)C3=O)cc1. The van der Waals surface area contributed by atoms with Crippen molar-refractivity contribution in [2.75, 3.05) is 20.4 Å². The van der Waals surface area contributed by atoms with Crippen LogP contribution < -0.4 is 14.2 Å². The number of carbonyl (C=O) groups is 2. The minimum absolute atomic E-state index is 0.0402. The van der Waals surface area contributed by atoms with Gasteiger partial charge in [-0.25, -0.2) is 17.5 Å². The monoisotopic (exact) mass is 563 g/mol. The van der Waals surface area contributed by atoms with Crippen molar-refractivity contribution in [3.8, 4) is 11.5 Å². The first-order valence-corrected chi connectivity index (χ1v) is 14.2. The van der Waals surface area contributed by atoms with E-state index in [2.05, 4.69) is 4.98 Å². The van der Waals surface area contributed by atoms with E-state index in [9.17, 15) is 22.4 Å². The van der Waals surface area contributed by atoms with E-state index in [4.69, 9.17) is 9.47 Å². The first-order chi connectivity index (χ1) is 19.0. The number of ether oxygens (including phenoxy) is 2. The Kier molecular flexibility index (Phi) is 7.16. The maximum Gasteiger partial charge on any atom is 0.265 e. The number of aromatic nitrogens is 1. The summed E-state index contributed by atoms with van der Waals surface area (Å²) in [6.45, 7) is 0.189. The molecule has 2 amide bonds. The van der Waals surface area contributed by atoms with E-state index in [-0.39, 0.29) is 47.3 Å². The largest absolute Gasteiger partial charge is 0.497 e. The molecular formula is C29H26FN3O6S. The third-order valence-corrected chi connectivity index (χ3v) is 7.14. The average Bonchev–Trinajstić information content (AvgIpc) is 3.20. The third-order valence-electron chi connectivity index (χ3n) is 6.58. The number of amides is 2. The number of hydrogen-bond donors (Lipinski definition) is 1. The summed E-state index contributed by atoms with van der Waals surface area (Å²) in [4.78, 5) is 32.7. The molecule has 0 saturated heterocycles. The van der Waals surface area contributed by atoms with Gasteiger partial charge in [0.15, 0.2) is 5.75 Å². The first kappa shape index (κ1) is 27.1. The molecule has 206 valence electrons. The van der Waals surface area contributed by atoms with Crippen LogP contribution in [-0.2, 0) is 29.6 Å². The van der Waals surface area contributed by atoms with Crippen LogP contribution in [0.4, 0.5) is 4.39 Å². The van der Waals surface area contributed by atoms with Crippen molar-refractivity contribution in [3.05, 3.63) is 100.0 Å². The second kappa shape index (κ2) is 10.6. The predicted molar refractivity (Wildman–Crippen MR) is 146 cm³/mol. The van der Waals surface area contributed by atoms with Crippen LogP contribution in [0.15, 0.2) is 60.8 Å². The van der Waals surface area contributed by atoms with Crippen LogP contribution in [0, 0.1) is 5.82 Å². The van der Waals surface area contributed by atoms with Crippen LogP contribution in [0.2, 0.25) is 0 Å². The predicted octanol–water partition coefficient (Wildman–Crippen LogP) is 3.83. The number of fused-ring (bicyclic) bond motifs is 2. The summed E-state index contributed by atoms with van der Waals surface area (Å²) in [5.74, 6) is -0.701. The molecule has 0 saturated carbocycles. The average molecular weight is 564 g/mol. The molecule has 0 radical (unpaired) electrons. The molecule has 0 bridgehead atoms. The van der Waals surface area contributed by atoms with Gasteiger partial charge in [-0.3, -0.25) is 14.6 Å². The highest BCUT2D eigenvalue weighted by atomic mass is 32.2. The van der Waals surface area contributed by atoms with Crippen LogP contribution in [0.3, 0.4) is 0 Å². The van der Waals surface area contributed by atoms with Crippen LogP contribution >= 0.6 is 0 Å². The van der Waals surface area contributed by atoms with Gasteiger partial charge in [0.2, 0.25) is 10.0 Å². The van der Waals surface area contributed by atoms with Gasteiger partial charge in [0, 0.05) is 30.7 Å². The smallest absolute Gasteiger partial charge is 0.265 e. The van der Waals surface area contributed by atoms with Gasteiger partial charge in [0.1, 0.15) is 23.7 Å². The Balaban J connectivity index is 1.67. The maximum absolute atomic E-state index is 13.4. The summed E-state index contributed by atoms with van der Waals surface area (Å²) < 4.78 is 50.9. The number of halogens is 1. The van der Waals surface area contributed by atoms with Gasteiger partial charge >= 0.3 is 0 Å². The highest BCUT2D eigenvalue weighted by molar-refractivity contribution is 7.89. The summed E-state index contributed by atoms with van der Waals surface area (Å²) in [6.07, 6.45) is 2.86. The Morgan fingerprint density at radius 1 is 1.07 bits per heavy atom. The Morgan fingerprint density at radius 2 is 1.75 bits per heavy atom. The minimum atomic E-state index is -3.91. The molecule has 9 nitrogen and oxygen atoms in total. The van der Waals surface area contributed by atoms with Gasteiger partial charge in [-0.2, -0.15) is 0 Å². The molecule has 1 aliphatic heterocycles. The van der Waals surface area contributed by atoms with Crippen LogP contribution in [0.1, 0.15) is 43.0 Å². The van der Waals surface area contributed by atoms with Gasteiger partial charge in [-0.1, -0.05) is 24.3 Å². The number of rotatable bonds is 8. The number of nitrogens with one attached hydrogen (secondary N) is 1. The molecule has 0 fully saturated rings. The third kappa shape index (κ3) is 5.46. The lowest BCUT2D eigenvalue weighted by atomic mass is 9.94. The number of pyridine rings is 1. The van der Waals surface area contributed by atoms with Crippen molar-refractivity contribution in [3.63, 3.8) is 0 Å². The molecule has 0 unspecified atom stereocenters. The van der Waals surface area contributed by atoms with E-state index < -0.39 is 15.9 Å². The van der Waals surface area contributed by atoms with Gasteiger partial charge in [0.25, 0.3) is 11.8 Å². The molecule has 1 aliphatic rings. The van der Waals surface area contributed by atoms with E-state index in [0.717, 1.165) is 17.4 Å². The normalized spacial score (nSPS) is 12.9. The fourth-order valence-corrected chi connectivity index (χ4v) is 5.18. The lowest BCUT2D eigenvalue weighted by Crippen LogP contribution is -2.30.